The van der Waals surface area contributed by atoms with Gasteiger partial charge >= 0.3 is 6.09 Å². The Morgan fingerprint density at radius 3 is 2.03 bits per heavy atom. The van der Waals surface area contributed by atoms with E-state index in [1.54, 1.807) is 0 Å². The molecule has 0 heterocycles. The van der Waals surface area contributed by atoms with Gasteiger partial charge in [0.15, 0.2) is 0 Å². The highest BCUT2D eigenvalue weighted by molar-refractivity contribution is 7.89. The van der Waals surface area contributed by atoms with Crippen LogP contribution in [0.1, 0.15) is 39.7 Å². The molecule has 184 valence electrons. The second-order valence-corrected chi connectivity index (χ2v) is 9.19. The first-order valence-corrected chi connectivity index (χ1v) is 12.2. The molecule has 0 atom stereocenters. The number of hydrogen-bond acceptors (Lipinski definition) is 5. The van der Waals surface area contributed by atoms with Crippen molar-refractivity contribution in [3.63, 3.8) is 0 Å². The highest BCUT2D eigenvalue weighted by Crippen LogP contribution is 2.20. The third-order valence-electron chi connectivity index (χ3n) is 4.06. The van der Waals surface area contributed by atoms with E-state index in [4.69, 9.17) is 5.11 Å². The molecule has 0 unspecified atom stereocenters. The first kappa shape index (κ1) is 30.0. The molecule has 2 rings (SSSR count). The van der Waals surface area contributed by atoms with Crippen LogP contribution in [0.4, 0.5) is 10.5 Å². The van der Waals surface area contributed by atoms with Crippen LogP contribution in [0.15, 0.2) is 59.5 Å². The summed E-state index contributed by atoms with van der Waals surface area (Å²) in [6, 6.07) is 15.0. The highest BCUT2D eigenvalue weighted by Gasteiger charge is 2.25. The van der Waals surface area contributed by atoms with E-state index in [1.165, 1.54) is 22.0 Å². The number of aryl methyl sites for hydroxylation is 1. The lowest BCUT2D eigenvalue weighted by Crippen LogP contribution is -2.36. The Hall–Kier alpha value is -2.98. The summed E-state index contributed by atoms with van der Waals surface area (Å²) < 4.78 is 26.7. The number of nitro benzene ring substituents is 1. The Kier molecular flexibility index (Phi) is 14.3. The minimum absolute atomic E-state index is 0.0278. The lowest BCUT2D eigenvalue weighted by molar-refractivity contribution is -0.384. The van der Waals surface area contributed by atoms with Gasteiger partial charge in [-0.15, -0.1) is 0 Å². The van der Waals surface area contributed by atoms with E-state index in [0.717, 1.165) is 12.1 Å². The van der Waals surface area contributed by atoms with Gasteiger partial charge in [0.25, 0.3) is 5.69 Å². The topological polar surface area (TPSA) is 130 Å². The van der Waals surface area contributed by atoms with Gasteiger partial charge < -0.3 is 10.4 Å². The van der Waals surface area contributed by atoms with Crippen LogP contribution in [0.3, 0.4) is 0 Å². The molecule has 0 radical (unpaired) electrons. The molecule has 10 heteroatoms. The predicted octanol–water partition coefficient (Wildman–Crippen LogP) is 4.92. The Morgan fingerprint density at radius 1 is 1.09 bits per heavy atom. The molecule has 2 aromatic rings. The summed E-state index contributed by atoms with van der Waals surface area (Å²) in [7, 11) is -3.80. The molecule has 0 fully saturated rings. The van der Waals surface area contributed by atoms with Crippen LogP contribution in [-0.4, -0.2) is 48.5 Å². The number of non-ortho nitro benzene ring substituents is 1. The van der Waals surface area contributed by atoms with Crippen molar-refractivity contribution in [3.05, 3.63) is 70.3 Å². The molecule has 0 aromatic heterocycles. The number of nitrogens with zero attached hydrogens (tertiary/aromatic N) is 2. The molecule has 33 heavy (non-hydrogen) atoms. The van der Waals surface area contributed by atoms with E-state index < -0.39 is 21.0 Å². The molecule has 0 aliphatic heterocycles. The van der Waals surface area contributed by atoms with Gasteiger partial charge in [-0.2, -0.15) is 4.31 Å². The normalized spacial score (nSPS) is 10.5. The van der Waals surface area contributed by atoms with Crippen molar-refractivity contribution < 1.29 is 23.2 Å². The molecule has 0 saturated heterocycles. The summed E-state index contributed by atoms with van der Waals surface area (Å²) in [6.07, 6.45) is -0.839. The zero-order valence-corrected chi connectivity index (χ0v) is 20.7. The predicted molar refractivity (Wildman–Crippen MR) is 130 cm³/mol. The Bertz CT molecular complexity index is 932. The fourth-order valence-electron chi connectivity index (χ4n) is 2.59. The molecule has 1 amide bonds. The van der Waals surface area contributed by atoms with Crippen LogP contribution in [-0.2, 0) is 10.0 Å². The smallest absolute Gasteiger partial charge is 0.404 e. The molecule has 0 aliphatic rings. The number of hydrogen-bond donors (Lipinski definition) is 2. The standard InChI is InChI=1S/C14H21N3O6S.C7H8.C2H6/c1-11(2)10-16(9-3-8-15-14(18)19)24(22,23)13-6-4-12(5-7-13)17(20)21;1-7-5-3-2-4-6-7;1-2/h4-7,11,15H,3,8-10H2,1-2H3,(H,18,19);2-6H,1H3;1-2H3. The number of nitrogens with one attached hydrogen (secondary N) is 1. The van der Waals surface area contributed by atoms with E-state index >= 15 is 0 Å². The van der Waals surface area contributed by atoms with Crippen molar-refractivity contribution in [2.45, 2.75) is 45.9 Å². The number of carbonyl (C=O) groups is 1. The van der Waals surface area contributed by atoms with Gasteiger partial charge in [0, 0.05) is 31.8 Å². The maximum Gasteiger partial charge on any atom is 0.404 e. The molecule has 0 bridgehead atoms. The number of nitro groups is 1. The average molecular weight is 482 g/mol. The lowest BCUT2D eigenvalue weighted by Gasteiger charge is -2.24. The zero-order chi connectivity index (χ0) is 25.4. The van der Waals surface area contributed by atoms with Crippen LogP contribution in [0.2, 0.25) is 0 Å². The van der Waals surface area contributed by atoms with E-state index in [2.05, 4.69) is 24.4 Å². The summed E-state index contributed by atoms with van der Waals surface area (Å²) in [4.78, 5) is 20.5. The number of amides is 1. The quantitative estimate of drug-likeness (QED) is 0.297. The second kappa shape index (κ2) is 15.8. The SMILES string of the molecule is CC.CC(C)CN(CCCNC(=O)O)S(=O)(=O)c1ccc([N+](=O)[O-])cc1.Cc1ccccc1. The fourth-order valence-corrected chi connectivity index (χ4v) is 4.23. The zero-order valence-electron chi connectivity index (χ0n) is 19.9. The van der Waals surface area contributed by atoms with Gasteiger partial charge in [-0.25, -0.2) is 13.2 Å². The first-order valence-electron chi connectivity index (χ1n) is 10.8. The van der Waals surface area contributed by atoms with Gasteiger partial charge in [-0.3, -0.25) is 10.1 Å². The van der Waals surface area contributed by atoms with Crippen LogP contribution in [0.5, 0.6) is 0 Å². The van der Waals surface area contributed by atoms with E-state index in [-0.39, 0.29) is 36.1 Å². The van der Waals surface area contributed by atoms with Crippen molar-refractivity contribution in [2.75, 3.05) is 19.6 Å². The maximum absolute atomic E-state index is 12.7. The summed E-state index contributed by atoms with van der Waals surface area (Å²) in [5.41, 5.74) is 1.14. The lowest BCUT2D eigenvalue weighted by atomic mass is 10.2. The molecular weight excluding hydrogens is 446 g/mol. The largest absolute Gasteiger partial charge is 0.465 e. The van der Waals surface area contributed by atoms with Crippen molar-refractivity contribution in [1.82, 2.24) is 9.62 Å². The molecule has 0 aliphatic carbocycles. The minimum Gasteiger partial charge on any atom is -0.465 e. The molecule has 0 spiro atoms. The second-order valence-electron chi connectivity index (χ2n) is 7.25. The molecule has 0 saturated carbocycles. The van der Waals surface area contributed by atoms with Gasteiger partial charge in [0.05, 0.1) is 9.82 Å². The highest BCUT2D eigenvalue weighted by atomic mass is 32.2. The number of carboxylic acid groups (broad SMARTS) is 1. The minimum atomic E-state index is -3.80. The summed E-state index contributed by atoms with van der Waals surface area (Å²) >= 11 is 0. The Balaban J connectivity index is 0.000000950. The Labute approximate surface area is 196 Å². The molecule has 2 aromatic carbocycles. The van der Waals surface area contributed by atoms with Crippen LogP contribution in [0, 0.1) is 23.0 Å². The molecule has 2 N–H and O–H groups in total. The summed E-state index contributed by atoms with van der Waals surface area (Å²) in [5, 5.41) is 21.4. The number of benzene rings is 2. The summed E-state index contributed by atoms with van der Waals surface area (Å²) in [5.74, 6) is 0.0743. The summed E-state index contributed by atoms with van der Waals surface area (Å²) in [6.45, 7) is 10.4. The average Bonchev–Trinajstić information content (AvgIpc) is 2.78. The number of sulfonamides is 1. The molecular formula is C23H35N3O6S. The number of rotatable bonds is 9. The third kappa shape index (κ3) is 12.0. The van der Waals surface area contributed by atoms with Crippen molar-refractivity contribution in [1.29, 1.82) is 0 Å². The van der Waals surface area contributed by atoms with E-state index in [9.17, 15) is 23.3 Å². The van der Waals surface area contributed by atoms with Gasteiger partial charge in [-0.05, 0) is 31.4 Å². The van der Waals surface area contributed by atoms with E-state index in [1.807, 2.05) is 45.9 Å². The van der Waals surface area contributed by atoms with Crippen molar-refractivity contribution in [3.8, 4) is 0 Å². The van der Waals surface area contributed by atoms with Crippen LogP contribution >= 0.6 is 0 Å². The first-order chi connectivity index (χ1) is 15.5. The van der Waals surface area contributed by atoms with Gasteiger partial charge in [0.1, 0.15) is 0 Å². The fraction of sp³-hybridized carbons (Fsp3) is 0.435. The Morgan fingerprint density at radius 2 is 1.64 bits per heavy atom. The van der Waals surface area contributed by atoms with Gasteiger partial charge in [0.2, 0.25) is 10.0 Å². The molecule has 9 nitrogen and oxygen atoms in total. The van der Waals surface area contributed by atoms with Crippen molar-refractivity contribution >= 4 is 21.8 Å². The van der Waals surface area contributed by atoms with Crippen molar-refractivity contribution in [2.24, 2.45) is 5.92 Å². The van der Waals surface area contributed by atoms with E-state index in [0.29, 0.717) is 6.42 Å². The van der Waals surface area contributed by atoms with Crippen LogP contribution < -0.4 is 5.32 Å². The van der Waals surface area contributed by atoms with Gasteiger partial charge in [-0.1, -0.05) is 63.6 Å². The van der Waals surface area contributed by atoms with Crippen LogP contribution in [0.25, 0.3) is 0 Å². The maximum atomic E-state index is 12.7. The monoisotopic (exact) mass is 481 g/mol. The third-order valence-corrected chi connectivity index (χ3v) is 5.93.